The minimum atomic E-state index is -0.494. The zero-order valence-electron chi connectivity index (χ0n) is 15.4. The van der Waals surface area contributed by atoms with Gasteiger partial charge in [-0.15, -0.1) is 5.10 Å². The van der Waals surface area contributed by atoms with E-state index in [0.717, 1.165) is 11.1 Å². The highest BCUT2D eigenvalue weighted by Gasteiger charge is 2.11. The molecule has 0 spiro atoms. The van der Waals surface area contributed by atoms with Crippen molar-refractivity contribution in [1.82, 2.24) is 15.5 Å². The second-order valence-corrected chi connectivity index (χ2v) is 5.80. The molecule has 0 aliphatic heterocycles. The van der Waals surface area contributed by atoms with Crippen LogP contribution >= 0.6 is 0 Å². The molecule has 0 aliphatic rings. The van der Waals surface area contributed by atoms with Gasteiger partial charge in [-0.1, -0.05) is 23.3 Å². The van der Waals surface area contributed by atoms with Crippen LogP contribution in [0.15, 0.2) is 46.9 Å². The zero-order valence-corrected chi connectivity index (χ0v) is 15.4. The molecule has 0 saturated carbocycles. The van der Waals surface area contributed by atoms with E-state index in [4.69, 9.17) is 13.9 Å². The van der Waals surface area contributed by atoms with E-state index in [0.29, 0.717) is 23.8 Å². The number of ether oxygens (including phenoxy) is 2. The van der Waals surface area contributed by atoms with Crippen LogP contribution in [-0.2, 0) is 13.0 Å². The average molecular weight is 386 g/mol. The number of halogens is 1. The fourth-order valence-corrected chi connectivity index (χ4v) is 2.47. The summed E-state index contributed by atoms with van der Waals surface area (Å²) in [5.74, 6) is 1.17. The number of hydrogen-bond acceptors (Lipinski definition) is 6. The molecule has 2 aromatic carbocycles. The zero-order chi connectivity index (χ0) is 19.9. The van der Waals surface area contributed by atoms with Crippen LogP contribution in [0.25, 0.3) is 0 Å². The van der Waals surface area contributed by atoms with Crippen molar-refractivity contribution in [3.8, 4) is 11.5 Å². The van der Waals surface area contributed by atoms with Crippen molar-refractivity contribution < 1.29 is 23.1 Å². The number of nitrogens with zero attached hydrogens (tertiary/aromatic N) is 2. The van der Waals surface area contributed by atoms with Crippen LogP contribution in [0.4, 0.5) is 15.2 Å². The molecule has 8 nitrogen and oxygen atoms in total. The van der Waals surface area contributed by atoms with Crippen LogP contribution in [0.1, 0.15) is 17.0 Å². The number of hydrogen-bond donors (Lipinski definition) is 2. The maximum absolute atomic E-state index is 12.9. The molecule has 3 aromatic rings. The Morgan fingerprint density at radius 3 is 2.46 bits per heavy atom. The molecule has 1 aromatic heterocycles. The average Bonchev–Trinajstić information content (AvgIpc) is 3.14. The molecule has 1 heterocycles. The van der Waals surface area contributed by atoms with E-state index in [2.05, 4.69) is 20.8 Å². The van der Waals surface area contributed by atoms with E-state index in [1.54, 1.807) is 38.5 Å². The van der Waals surface area contributed by atoms with Gasteiger partial charge >= 0.3 is 12.0 Å². The Morgan fingerprint density at radius 2 is 1.75 bits per heavy atom. The van der Waals surface area contributed by atoms with Gasteiger partial charge in [0.2, 0.25) is 5.89 Å². The minimum Gasteiger partial charge on any atom is -0.493 e. The Morgan fingerprint density at radius 1 is 1.04 bits per heavy atom. The topological polar surface area (TPSA) is 98.5 Å². The summed E-state index contributed by atoms with van der Waals surface area (Å²) in [5.41, 5.74) is 1.64. The standard InChI is InChI=1S/C19H19FN4O4/c1-26-15-8-5-13(9-16(15)27-2)11-21-18(25)22-19-24-23-17(28-19)10-12-3-6-14(20)7-4-12/h3-9H,10-11H2,1-2H3,(H2,21,22,24,25). The third-order valence-corrected chi connectivity index (χ3v) is 3.86. The first-order valence-corrected chi connectivity index (χ1v) is 8.40. The summed E-state index contributed by atoms with van der Waals surface area (Å²) in [6.45, 7) is 0.267. The summed E-state index contributed by atoms with van der Waals surface area (Å²) in [6, 6.07) is 10.8. The van der Waals surface area contributed by atoms with E-state index < -0.39 is 6.03 Å². The Kier molecular flexibility index (Phi) is 6.05. The summed E-state index contributed by atoms with van der Waals surface area (Å²) in [4.78, 5) is 12.0. The predicted molar refractivity (Wildman–Crippen MR) is 98.9 cm³/mol. The molecule has 0 atom stereocenters. The number of anilines is 1. The summed E-state index contributed by atoms with van der Waals surface area (Å²) >= 11 is 0. The highest BCUT2D eigenvalue weighted by Crippen LogP contribution is 2.27. The summed E-state index contributed by atoms with van der Waals surface area (Å²) in [6.07, 6.45) is 0.336. The normalized spacial score (nSPS) is 10.4. The molecule has 146 valence electrons. The van der Waals surface area contributed by atoms with Crippen molar-refractivity contribution in [2.24, 2.45) is 0 Å². The van der Waals surface area contributed by atoms with Gasteiger partial charge in [0.25, 0.3) is 0 Å². The monoisotopic (exact) mass is 386 g/mol. The maximum Gasteiger partial charge on any atom is 0.323 e. The van der Waals surface area contributed by atoms with Gasteiger partial charge in [0.15, 0.2) is 11.5 Å². The van der Waals surface area contributed by atoms with Gasteiger partial charge in [-0.2, -0.15) is 0 Å². The van der Waals surface area contributed by atoms with Crippen LogP contribution < -0.4 is 20.1 Å². The van der Waals surface area contributed by atoms with E-state index in [-0.39, 0.29) is 18.4 Å². The SMILES string of the molecule is COc1ccc(CNC(=O)Nc2nnc(Cc3ccc(F)cc3)o2)cc1OC. The smallest absolute Gasteiger partial charge is 0.323 e. The predicted octanol–water partition coefficient (Wildman–Crippen LogP) is 3.14. The molecule has 0 unspecified atom stereocenters. The molecule has 2 N–H and O–H groups in total. The van der Waals surface area contributed by atoms with Crippen molar-refractivity contribution in [3.05, 3.63) is 65.3 Å². The van der Waals surface area contributed by atoms with E-state index in [1.807, 2.05) is 6.07 Å². The highest BCUT2D eigenvalue weighted by atomic mass is 19.1. The molecular weight excluding hydrogens is 367 g/mol. The summed E-state index contributed by atoms with van der Waals surface area (Å²) in [5, 5.41) is 12.8. The van der Waals surface area contributed by atoms with E-state index in [1.165, 1.54) is 12.1 Å². The molecule has 2 amide bonds. The van der Waals surface area contributed by atoms with E-state index in [9.17, 15) is 9.18 Å². The fraction of sp³-hybridized carbons (Fsp3) is 0.211. The van der Waals surface area contributed by atoms with Gasteiger partial charge in [-0.3, -0.25) is 5.32 Å². The maximum atomic E-state index is 12.9. The molecule has 0 saturated heterocycles. The van der Waals surface area contributed by atoms with Crippen LogP contribution in [-0.4, -0.2) is 30.4 Å². The molecule has 0 radical (unpaired) electrons. The molecule has 3 rings (SSSR count). The van der Waals surface area contributed by atoms with Gasteiger partial charge < -0.3 is 19.2 Å². The van der Waals surface area contributed by atoms with Crippen LogP contribution in [0.5, 0.6) is 11.5 Å². The first-order valence-electron chi connectivity index (χ1n) is 8.40. The van der Waals surface area contributed by atoms with Crippen LogP contribution in [0.3, 0.4) is 0 Å². The molecule has 0 bridgehead atoms. The minimum absolute atomic E-state index is 0.0260. The van der Waals surface area contributed by atoms with Gasteiger partial charge in [-0.05, 0) is 35.4 Å². The summed E-state index contributed by atoms with van der Waals surface area (Å²) in [7, 11) is 3.10. The third-order valence-electron chi connectivity index (χ3n) is 3.86. The second kappa shape index (κ2) is 8.85. The van der Waals surface area contributed by atoms with Crippen molar-refractivity contribution in [2.75, 3.05) is 19.5 Å². The Balaban J connectivity index is 1.52. The molecule has 0 fully saturated rings. The number of aromatic nitrogens is 2. The lowest BCUT2D eigenvalue weighted by Crippen LogP contribution is -2.28. The molecule has 0 aliphatic carbocycles. The Labute approximate surface area is 160 Å². The number of amides is 2. The lowest BCUT2D eigenvalue weighted by atomic mass is 10.1. The Bertz CT molecular complexity index is 943. The first kappa shape index (κ1) is 19.2. The number of rotatable bonds is 7. The van der Waals surface area contributed by atoms with Crippen molar-refractivity contribution in [1.29, 1.82) is 0 Å². The number of methoxy groups -OCH3 is 2. The lowest BCUT2D eigenvalue weighted by molar-refractivity contribution is 0.251. The van der Waals surface area contributed by atoms with Gasteiger partial charge in [0, 0.05) is 6.54 Å². The highest BCUT2D eigenvalue weighted by molar-refractivity contribution is 5.86. The number of carbonyl (C=O) groups is 1. The number of urea groups is 1. The quantitative estimate of drug-likeness (QED) is 0.647. The van der Waals surface area contributed by atoms with E-state index >= 15 is 0 Å². The fourth-order valence-electron chi connectivity index (χ4n) is 2.47. The van der Waals surface area contributed by atoms with Gasteiger partial charge in [-0.25, -0.2) is 9.18 Å². The summed E-state index contributed by atoms with van der Waals surface area (Å²) < 4.78 is 28.7. The Hall–Kier alpha value is -3.62. The number of nitrogens with one attached hydrogen (secondary N) is 2. The van der Waals surface area contributed by atoms with Gasteiger partial charge in [0.1, 0.15) is 5.82 Å². The largest absolute Gasteiger partial charge is 0.493 e. The van der Waals surface area contributed by atoms with Crippen molar-refractivity contribution >= 4 is 12.0 Å². The molecule has 28 heavy (non-hydrogen) atoms. The molecular formula is C19H19FN4O4. The first-order chi connectivity index (χ1) is 13.6. The number of carbonyl (C=O) groups excluding carboxylic acids is 1. The second-order valence-electron chi connectivity index (χ2n) is 5.80. The van der Waals surface area contributed by atoms with Crippen LogP contribution in [0.2, 0.25) is 0 Å². The van der Waals surface area contributed by atoms with Crippen LogP contribution in [0, 0.1) is 5.82 Å². The van der Waals surface area contributed by atoms with Crippen molar-refractivity contribution in [3.63, 3.8) is 0 Å². The third kappa shape index (κ3) is 4.97. The van der Waals surface area contributed by atoms with Gasteiger partial charge in [0.05, 0.1) is 20.6 Å². The molecule has 9 heteroatoms. The number of benzene rings is 2. The lowest BCUT2D eigenvalue weighted by Gasteiger charge is -2.10. The van der Waals surface area contributed by atoms with Crippen molar-refractivity contribution in [2.45, 2.75) is 13.0 Å².